The fourth-order valence-corrected chi connectivity index (χ4v) is 3.17. The Morgan fingerprint density at radius 2 is 1.48 bits per heavy atom. The summed E-state index contributed by atoms with van der Waals surface area (Å²) in [6, 6.07) is 9.56. The van der Waals surface area contributed by atoms with E-state index in [4.69, 9.17) is 23.7 Å². The van der Waals surface area contributed by atoms with E-state index in [1.807, 2.05) is 42.3 Å². The second-order valence-electron chi connectivity index (χ2n) is 6.43. The smallest absolute Gasteiger partial charge is 0.203 e. The third kappa shape index (κ3) is 6.46. The third-order valence-corrected chi connectivity index (χ3v) is 4.70. The van der Waals surface area contributed by atoms with Crippen LogP contribution in [-0.4, -0.2) is 60.5 Å². The summed E-state index contributed by atoms with van der Waals surface area (Å²) in [6.07, 6.45) is 0. The molecule has 0 saturated heterocycles. The minimum Gasteiger partial charge on any atom is -0.497 e. The van der Waals surface area contributed by atoms with Crippen LogP contribution in [0.15, 0.2) is 35.3 Å². The Hall–Kier alpha value is -2.56. The van der Waals surface area contributed by atoms with Gasteiger partial charge in [0, 0.05) is 44.4 Å². The summed E-state index contributed by atoms with van der Waals surface area (Å²) in [7, 11) is 11.8. The predicted octanol–water partition coefficient (Wildman–Crippen LogP) is 3.56. The molecule has 2 aromatic rings. The summed E-state index contributed by atoms with van der Waals surface area (Å²) in [6.45, 7) is 1.11. The Balaban J connectivity index is 0.00000480. The number of benzene rings is 2. The highest BCUT2D eigenvalue weighted by Gasteiger charge is 2.17. The molecule has 8 nitrogen and oxygen atoms in total. The Morgan fingerprint density at radius 1 is 0.839 bits per heavy atom. The van der Waals surface area contributed by atoms with Crippen LogP contribution >= 0.6 is 24.0 Å². The Morgan fingerprint density at radius 3 is 2.03 bits per heavy atom. The average Bonchev–Trinajstić information content (AvgIpc) is 2.78. The van der Waals surface area contributed by atoms with Crippen molar-refractivity contribution in [1.29, 1.82) is 0 Å². The van der Waals surface area contributed by atoms with Gasteiger partial charge in [-0.3, -0.25) is 4.99 Å². The third-order valence-electron chi connectivity index (χ3n) is 4.70. The van der Waals surface area contributed by atoms with Crippen molar-refractivity contribution in [2.24, 2.45) is 4.99 Å². The number of nitrogens with one attached hydrogen (secondary N) is 1. The van der Waals surface area contributed by atoms with Crippen molar-refractivity contribution in [3.05, 3.63) is 41.5 Å². The predicted molar refractivity (Wildman–Crippen MR) is 133 cm³/mol. The normalized spacial score (nSPS) is 10.6. The number of hydrogen-bond acceptors (Lipinski definition) is 6. The van der Waals surface area contributed by atoms with E-state index >= 15 is 0 Å². The van der Waals surface area contributed by atoms with E-state index in [0.29, 0.717) is 30.3 Å². The monoisotopic (exact) mass is 545 g/mol. The number of hydrogen-bond donors (Lipinski definition) is 1. The fourth-order valence-electron chi connectivity index (χ4n) is 3.17. The highest BCUT2D eigenvalue weighted by atomic mass is 127. The van der Waals surface area contributed by atoms with Crippen LogP contribution in [0.5, 0.6) is 28.7 Å². The zero-order valence-corrected chi connectivity index (χ0v) is 21.5. The molecule has 9 heteroatoms. The fraction of sp³-hybridized carbons (Fsp3) is 0.409. The van der Waals surface area contributed by atoms with Gasteiger partial charge in [-0.2, -0.15) is 0 Å². The van der Waals surface area contributed by atoms with E-state index < -0.39 is 0 Å². The molecule has 2 rings (SSSR count). The summed E-state index contributed by atoms with van der Waals surface area (Å²) < 4.78 is 27.1. The SMILES string of the molecule is CN=C(NCc1ccc(OC)c(OC)c1OC)N(C)Cc1ccc(OC)cc1OC.I. The molecule has 1 N–H and O–H groups in total. The van der Waals surface area contributed by atoms with Gasteiger partial charge in [-0.1, -0.05) is 0 Å². The topological polar surface area (TPSA) is 73.8 Å². The van der Waals surface area contributed by atoms with Gasteiger partial charge in [-0.15, -0.1) is 24.0 Å². The number of aliphatic imine (C=N–C) groups is 1. The van der Waals surface area contributed by atoms with E-state index in [0.717, 1.165) is 28.6 Å². The van der Waals surface area contributed by atoms with Crippen LogP contribution in [0.1, 0.15) is 11.1 Å². The first-order chi connectivity index (χ1) is 14.5. The minimum absolute atomic E-state index is 0. The van der Waals surface area contributed by atoms with Crippen molar-refractivity contribution in [3.8, 4) is 28.7 Å². The van der Waals surface area contributed by atoms with E-state index in [1.54, 1.807) is 42.6 Å². The van der Waals surface area contributed by atoms with Crippen molar-refractivity contribution in [2.75, 3.05) is 49.6 Å². The second kappa shape index (κ2) is 13.0. The molecule has 2 aromatic carbocycles. The molecule has 0 bridgehead atoms. The molecule has 0 aliphatic carbocycles. The lowest BCUT2D eigenvalue weighted by molar-refractivity contribution is 0.322. The molecule has 0 amide bonds. The molecule has 0 radical (unpaired) electrons. The number of ether oxygens (including phenoxy) is 5. The van der Waals surface area contributed by atoms with Crippen molar-refractivity contribution in [1.82, 2.24) is 10.2 Å². The first-order valence-electron chi connectivity index (χ1n) is 9.43. The zero-order chi connectivity index (χ0) is 22.1. The first-order valence-corrected chi connectivity index (χ1v) is 9.43. The van der Waals surface area contributed by atoms with Gasteiger partial charge in [0.2, 0.25) is 5.75 Å². The lowest BCUT2D eigenvalue weighted by Crippen LogP contribution is -2.38. The lowest BCUT2D eigenvalue weighted by atomic mass is 10.1. The summed E-state index contributed by atoms with van der Waals surface area (Å²) in [4.78, 5) is 6.40. The molecule has 0 spiro atoms. The molecule has 0 heterocycles. The highest BCUT2D eigenvalue weighted by Crippen LogP contribution is 2.39. The molecule has 0 saturated carbocycles. The summed E-state index contributed by atoms with van der Waals surface area (Å²) in [5.74, 6) is 4.04. The van der Waals surface area contributed by atoms with Gasteiger partial charge in [0.05, 0.1) is 35.5 Å². The van der Waals surface area contributed by atoms with Gasteiger partial charge >= 0.3 is 0 Å². The molecule has 0 aromatic heterocycles. The summed E-state index contributed by atoms with van der Waals surface area (Å²) in [5.41, 5.74) is 1.94. The van der Waals surface area contributed by atoms with Gasteiger partial charge in [-0.25, -0.2) is 0 Å². The van der Waals surface area contributed by atoms with E-state index in [-0.39, 0.29) is 24.0 Å². The summed E-state index contributed by atoms with van der Waals surface area (Å²) >= 11 is 0. The number of rotatable bonds is 9. The number of methoxy groups -OCH3 is 5. The molecular weight excluding hydrogens is 513 g/mol. The maximum atomic E-state index is 5.56. The number of nitrogens with zero attached hydrogens (tertiary/aromatic N) is 2. The van der Waals surface area contributed by atoms with Crippen molar-refractivity contribution >= 4 is 29.9 Å². The molecule has 0 fully saturated rings. The average molecular weight is 545 g/mol. The largest absolute Gasteiger partial charge is 0.497 e. The molecule has 0 aliphatic heterocycles. The second-order valence-corrected chi connectivity index (χ2v) is 6.43. The van der Waals surface area contributed by atoms with Gasteiger partial charge < -0.3 is 33.9 Å². The van der Waals surface area contributed by atoms with Gasteiger partial charge in [0.25, 0.3) is 0 Å². The highest BCUT2D eigenvalue weighted by molar-refractivity contribution is 14.0. The van der Waals surface area contributed by atoms with Crippen LogP contribution in [0, 0.1) is 0 Å². The van der Waals surface area contributed by atoms with Crippen LogP contribution < -0.4 is 29.0 Å². The van der Waals surface area contributed by atoms with Crippen molar-refractivity contribution < 1.29 is 23.7 Å². The van der Waals surface area contributed by atoms with Crippen LogP contribution in [-0.2, 0) is 13.1 Å². The molecule has 0 unspecified atom stereocenters. The molecule has 172 valence electrons. The van der Waals surface area contributed by atoms with E-state index in [1.165, 1.54) is 0 Å². The maximum Gasteiger partial charge on any atom is 0.203 e. The van der Waals surface area contributed by atoms with Crippen LogP contribution in [0.2, 0.25) is 0 Å². The van der Waals surface area contributed by atoms with Gasteiger partial charge in [0.15, 0.2) is 17.5 Å². The van der Waals surface area contributed by atoms with Gasteiger partial charge in [0.1, 0.15) is 11.5 Å². The first kappa shape index (κ1) is 26.5. The van der Waals surface area contributed by atoms with E-state index in [9.17, 15) is 0 Å². The zero-order valence-electron chi connectivity index (χ0n) is 19.1. The van der Waals surface area contributed by atoms with Crippen LogP contribution in [0.4, 0.5) is 0 Å². The standard InChI is InChI=1S/C22H31N3O5.HI/c1-23-22(25(2)14-16-8-10-17(26-3)12-19(16)28-5)24-13-15-9-11-18(27-4)21(30-7)20(15)29-6;/h8-12H,13-14H2,1-7H3,(H,23,24);1H. The van der Waals surface area contributed by atoms with Gasteiger partial charge in [-0.05, 0) is 24.3 Å². The molecule has 0 atom stereocenters. The lowest BCUT2D eigenvalue weighted by Gasteiger charge is -2.24. The Bertz CT molecular complexity index is 876. The van der Waals surface area contributed by atoms with E-state index in [2.05, 4.69) is 10.3 Å². The minimum atomic E-state index is 0. The molecular formula is C22H32IN3O5. The molecule has 0 aliphatic rings. The summed E-state index contributed by atoms with van der Waals surface area (Å²) in [5, 5.41) is 3.36. The van der Waals surface area contributed by atoms with Crippen molar-refractivity contribution in [2.45, 2.75) is 13.1 Å². The Kier molecular flexibility index (Phi) is 11.1. The molecule has 31 heavy (non-hydrogen) atoms. The quantitative estimate of drug-likeness (QED) is 0.294. The number of guanidine groups is 1. The van der Waals surface area contributed by atoms with Crippen molar-refractivity contribution in [3.63, 3.8) is 0 Å². The van der Waals surface area contributed by atoms with Crippen LogP contribution in [0.3, 0.4) is 0 Å². The number of halogens is 1. The Labute approximate surface area is 201 Å². The maximum absolute atomic E-state index is 5.56. The van der Waals surface area contributed by atoms with Crippen LogP contribution in [0.25, 0.3) is 0 Å².